The number of nitrogens with one attached hydrogen (secondary N) is 1. The average molecular weight is 362 g/mol. The molecule has 144 valence electrons. The van der Waals surface area contributed by atoms with Crippen molar-refractivity contribution in [2.45, 2.75) is 51.5 Å². The summed E-state index contributed by atoms with van der Waals surface area (Å²) in [6.45, 7) is 4.42. The quantitative estimate of drug-likeness (QED) is 0.684. The Morgan fingerprint density at radius 3 is 2.54 bits per heavy atom. The first-order valence-electron chi connectivity index (χ1n) is 9.58. The number of carbonyl (C=O) groups is 2. The Morgan fingerprint density at radius 1 is 1.12 bits per heavy atom. The molecule has 0 aromatic heterocycles. The van der Waals surface area contributed by atoms with E-state index in [0.29, 0.717) is 39.1 Å². The number of hydrogen-bond acceptors (Lipinski definition) is 4. The number of nitrogens with zero attached hydrogens (tertiary/aromatic N) is 1. The molecule has 26 heavy (non-hydrogen) atoms. The topological polar surface area (TPSA) is 67.9 Å². The van der Waals surface area contributed by atoms with Crippen LogP contribution in [0.5, 0.6) is 5.75 Å². The molecular weight excluding hydrogens is 332 g/mol. The molecule has 2 rings (SSSR count). The van der Waals surface area contributed by atoms with Crippen LogP contribution < -0.4 is 10.1 Å². The molecule has 1 saturated heterocycles. The number of ether oxygens (including phenoxy) is 2. The Bertz CT molecular complexity index is 542. The molecule has 0 bridgehead atoms. The van der Waals surface area contributed by atoms with E-state index in [-0.39, 0.29) is 18.0 Å². The van der Waals surface area contributed by atoms with Gasteiger partial charge in [0, 0.05) is 25.6 Å². The van der Waals surface area contributed by atoms with Crippen molar-refractivity contribution >= 4 is 12.0 Å². The Morgan fingerprint density at radius 2 is 1.85 bits per heavy atom. The van der Waals surface area contributed by atoms with Crippen molar-refractivity contribution in [2.75, 3.05) is 26.3 Å². The maximum atomic E-state index is 12.3. The summed E-state index contributed by atoms with van der Waals surface area (Å²) in [6, 6.07) is 9.71. The normalized spacial score (nSPS) is 14.7. The molecule has 1 aliphatic rings. The van der Waals surface area contributed by atoms with E-state index in [1.165, 1.54) is 0 Å². The number of benzene rings is 1. The predicted octanol–water partition coefficient (Wildman–Crippen LogP) is 3.36. The molecule has 0 saturated carbocycles. The standard InChI is InChI=1S/C20H30N2O4/c1-2-3-15-26-20(24)21-17-11-13-22(14-12-17)19(23)10-7-16-25-18-8-5-4-6-9-18/h4-6,8-9,17H,2-3,7,10-16H2,1H3,(H,21,24). The van der Waals surface area contributed by atoms with Crippen molar-refractivity contribution < 1.29 is 19.1 Å². The molecule has 1 fully saturated rings. The van der Waals surface area contributed by atoms with E-state index in [4.69, 9.17) is 9.47 Å². The summed E-state index contributed by atoms with van der Waals surface area (Å²) in [6.07, 6.45) is 4.28. The maximum absolute atomic E-state index is 12.3. The minimum absolute atomic E-state index is 0.0922. The summed E-state index contributed by atoms with van der Waals surface area (Å²) in [5.41, 5.74) is 0. The van der Waals surface area contributed by atoms with Crippen LogP contribution in [0.1, 0.15) is 45.4 Å². The highest BCUT2D eigenvalue weighted by Gasteiger charge is 2.23. The minimum Gasteiger partial charge on any atom is -0.494 e. The molecule has 6 heteroatoms. The fourth-order valence-electron chi connectivity index (χ4n) is 2.88. The number of unbranched alkanes of at least 4 members (excludes halogenated alkanes) is 1. The fourth-order valence-corrected chi connectivity index (χ4v) is 2.88. The van der Waals surface area contributed by atoms with Crippen molar-refractivity contribution in [3.05, 3.63) is 30.3 Å². The first-order valence-corrected chi connectivity index (χ1v) is 9.58. The lowest BCUT2D eigenvalue weighted by Crippen LogP contribution is -2.46. The Labute approximate surface area is 155 Å². The number of piperidine rings is 1. The first-order chi connectivity index (χ1) is 12.7. The van der Waals surface area contributed by atoms with Crippen molar-refractivity contribution in [3.63, 3.8) is 0 Å². The molecule has 0 radical (unpaired) electrons. The van der Waals surface area contributed by atoms with Crippen molar-refractivity contribution in [1.82, 2.24) is 10.2 Å². The van der Waals surface area contributed by atoms with Crippen LogP contribution in [-0.4, -0.2) is 49.2 Å². The monoisotopic (exact) mass is 362 g/mol. The molecule has 1 N–H and O–H groups in total. The largest absolute Gasteiger partial charge is 0.494 e. The number of para-hydroxylation sites is 1. The number of alkyl carbamates (subject to hydrolysis) is 1. The van der Waals surface area contributed by atoms with Crippen molar-refractivity contribution in [2.24, 2.45) is 0 Å². The highest BCUT2D eigenvalue weighted by atomic mass is 16.5. The van der Waals surface area contributed by atoms with Gasteiger partial charge in [0.1, 0.15) is 5.75 Å². The zero-order valence-corrected chi connectivity index (χ0v) is 15.6. The molecule has 1 aromatic carbocycles. The number of likely N-dealkylation sites (tertiary alicyclic amines) is 1. The van der Waals surface area contributed by atoms with E-state index in [2.05, 4.69) is 12.2 Å². The highest BCUT2D eigenvalue weighted by Crippen LogP contribution is 2.13. The maximum Gasteiger partial charge on any atom is 0.407 e. The molecule has 0 aliphatic carbocycles. The third-order valence-electron chi connectivity index (χ3n) is 4.45. The van der Waals surface area contributed by atoms with E-state index in [1.54, 1.807) is 0 Å². The van der Waals surface area contributed by atoms with Crippen LogP contribution in [0.4, 0.5) is 4.79 Å². The molecule has 1 aliphatic heterocycles. The van der Waals surface area contributed by atoms with Crippen LogP contribution in [0.3, 0.4) is 0 Å². The van der Waals surface area contributed by atoms with E-state index < -0.39 is 0 Å². The Hall–Kier alpha value is -2.24. The summed E-state index contributed by atoms with van der Waals surface area (Å²) in [7, 11) is 0. The van der Waals surface area contributed by atoms with Crippen LogP contribution in [0.25, 0.3) is 0 Å². The number of amides is 2. The van der Waals surface area contributed by atoms with Gasteiger partial charge < -0.3 is 19.7 Å². The van der Waals surface area contributed by atoms with Gasteiger partial charge in [0.05, 0.1) is 13.2 Å². The lowest BCUT2D eigenvalue weighted by Gasteiger charge is -2.32. The summed E-state index contributed by atoms with van der Waals surface area (Å²) in [5.74, 6) is 0.989. The van der Waals surface area contributed by atoms with Gasteiger partial charge in [-0.25, -0.2) is 4.79 Å². The molecule has 0 spiro atoms. The summed E-state index contributed by atoms with van der Waals surface area (Å²) in [5, 5.41) is 2.89. The lowest BCUT2D eigenvalue weighted by atomic mass is 10.0. The van der Waals surface area contributed by atoms with E-state index in [0.717, 1.165) is 31.4 Å². The molecule has 0 atom stereocenters. The molecule has 0 unspecified atom stereocenters. The number of hydrogen-bond donors (Lipinski definition) is 1. The van der Waals surface area contributed by atoms with E-state index in [1.807, 2.05) is 35.2 Å². The van der Waals surface area contributed by atoms with Gasteiger partial charge in [-0.1, -0.05) is 31.5 Å². The minimum atomic E-state index is -0.346. The second-order valence-electron chi connectivity index (χ2n) is 6.55. The summed E-state index contributed by atoms with van der Waals surface area (Å²) >= 11 is 0. The smallest absolute Gasteiger partial charge is 0.407 e. The molecule has 1 heterocycles. The van der Waals surface area contributed by atoms with Crippen LogP contribution in [-0.2, 0) is 9.53 Å². The van der Waals surface area contributed by atoms with Gasteiger partial charge in [-0.05, 0) is 37.8 Å². The zero-order valence-electron chi connectivity index (χ0n) is 15.6. The second kappa shape index (κ2) is 11.4. The van der Waals surface area contributed by atoms with Crippen molar-refractivity contribution in [1.29, 1.82) is 0 Å². The average Bonchev–Trinajstić information content (AvgIpc) is 2.67. The van der Waals surface area contributed by atoms with Crippen molar-refractivity contribution in [3.8, 4) is 5.75 Å². The van der Waals surface area contributed by atoms with Gasteiger partial charge in [0.25, 0.3) is 0 Å². The fraction of sp³-hybridized carbons (Fsp3) is 0.600. The Balaban J connectivity index is 1.57. The first kappa shape index (κ1) is 20.1. The van der Waals surface area contributed by atoms with Gasteiger partial charge in [-0.3, -0.25) is 4.79 Å². The molecule has 6 nitrogen and oxygen atoms in total. The van der Waals surface area contributed by atoms with Crippen LogP contribution in [0.15, 0.2) is 30.3 Å². The van der Waals surface area contributed by atoms with Gasteiger partial charge >= 0.3 is 6.09 Å². The molecule has 2 amide bonds. The van der Waals surface area contributed by atoms with Gasteiger partial charge in [-0.15, -0.1) is 0 Å². The highest BCUT2D eigenvalue weighted by molar-refractivity contribution is 5.76. The summed E-state index contributed by atoms with van der Waals surface area (Å²) in [4.78, 5) is 25.8. The number of rotatable bonds is 9. The molecule has 1 aromatic rings. The van der Waals surface area contributed by atoms with Crippen LogP contribution in [0.2, 0.25) is 0 Å². The van der Waals surface area contributed by atoms with Crippen LogP contribution in [0, 0.1) is 0 Å². The van der Waals surface area contributed by atoms with Gasteiger partial charge in [0.15, 0.2) is 0 Å². The lowest BCUT2D eigenvalue weighted by molar-refractivity contribution is -0.132. The van der Waals surface area contributed by atoms with Crippen LogP contribution >= 0.6 is 0 Å². The third-order valence-corrected chi connectivity index (χ3v) is 4.45. The van der Waals surface area contributed by atoms with Gasteiger partial charge in [-0.2, -0.15) is 0 Å². The Kier molecular flexibility index (Phi) is 8.79. The predicted molar refractivity (Wildman–Crippen MR) is 100 cm³/mol. The zero-order chi connectivity index (χ0) is 18.6. The van der Waals surface area contributed by atoms with E-state index >= 15 is 0 Å². The summed E-state index contributed by atoms with van der Waals surface area (Å²) < 4.78 is 10.7. The molecular formula is C20H30N2O4. The number of carbonyl (C=O) groups excluding carboxylic acids is 2. The SMILES string of the molecule is CCCCOC(=O)NC1CCN(C(=O)CCCOc2ccccc2)CC1. The second-order valence-corrected chi connectivity index (χ2v) is 6.55. The van der Waals surface area contributed by atoms with E-state index in [9.17, 15) is 9.59 Å². The van der Waals surface area contributed by atoms with Gasteiger partial charge in [0.2, 0.25) is 5.91 Å². The third kappa shape index (κ3) is 7.33.